The van der Waals surface area contributed by atoms with Gasteiger partial charge in [-0.05, 0) is 49.4 Å². The SMILES string of the molecule is CCS(=O)(=O)c1ccccc1C(=O)O[C@H](C)C(=O)N[C@@H]1CCCc2ccccc21. The summed E-state index contributed by atoms with van der Waals surface area (Å²) in [6.07, 6.45) is 1.73. The molecule has 1 aliphatic rings. The van der Waals surface area contributed by atoms with Crippen molar-refractivity contribution in [1.29, 1.82) is 0 Å². The van der Waals surface area contributed by atoms with Crippen molar-refractivity contribution < 1.29 is 22.7 Å². The standard InChI is InChI=1S/C22H25NO5S/c1-3-29(26,27)20-14-7-6-12-18(20)22(25)28-15(2)21(24)23-19-13-8-10-16-9-4-5-11-17(16)19/h4-7,9,11-12,14-15,19H,3,8,10,13H2,1-2H3,(H,23,24)/t15-,19-/m1/s1. The summed E-state index contributed by atoms with van der Waals surface area (Å²) in [6, 6.07) is 13.7. The molecule has 0 aliphatic heterocycles. The van der Waals surface area contributed by atoms with Gasteiger partial charge in [0.25, 0.3) is 5.91 Å². The average Bonchev–Trinajstić information content (AvgIpc) is 2.73. The maximum atomic E-state index is 12.6. The molecule has 0 bridgehead atoms. The van der Waals surface area contributed by atoms with Crippen LogP contribution in [0.25, 0.3) is 0 Å². The minimum atomic E-state index is -3.59. The molecule has 0 heterocycles. The number of nitrogens with one attached hydrogen (secondary N) is 1. The molecule has 2 aromatic rings. The Bertz CT molecular complexity index is 1020. The number of aryl methyl sites for hydroxylation is 1. The van der Waals surface area contributed by atoms with Gasteiger partial charge in [0.15, 0.2) is 15.9 Å². The van der Waals surface area contributed by atoms with Crippen molar-refractivity contribution in [3.05, 3.63) is 65.2 Å². The van der Waals surface area contributed by atoms with Gasteiger partial charge in [0.2, 0.25) is 0 Å². The van der Waals surface area contributed by atoms with Gasteiger partial charge < -0.3 is 10.1 Å². The molecule has 6 nitrogen and oxygen atoms in total. The van der Waals surface area contributed by atoms with E-state index < -0.39 is 27.8 Å². The molecule has 29 heavy (non-hydrogen) atoms. The molecule has 1 amide bonds. The van der Waals surface area contributed by atoms with Crippen LogP contribution >= 0.6 is 0 Å². The van der Waals surface area contributed by atoms with Gasteiger partial charge in [0.1, 0.15) is 0 Å². The Balaban J connectivity index is 1.71. The fourth-order valence-corrected chi connectivity index (χ4v) is 4.62. The molecule has 154 valence electrons. The van der Waals surface area contributed by atoms with E-state index in [0.29, 0.717) is 0 Å². The number of benzene rings is 2. The third kappa shape index (κ3) is 4.67. The first kappa shape index (κ1) is 21.0. The molecular weight excluding hydrogens is 390 g/mol. The molecule has 3 rings (SSSR count). The predicted octanol–water partition coefficient (Wildman–Crippen LogP) is 3.22. The number of carbonyl (C=O) groups is 2. The summed E-state index contributed by atoms with van der Waals surface area (Å²) in [5, 5.41) is 2.95. The molecule has 0 unspecified atom stereocenters. The summed E-state index contributed by atoms with van der Waals surface area (Å²) in [5.74, 6) is -1.37. The molecule has 1 N–H and O–H groups in total. The van der Waals surface area contributed by atoms with Crippen LogP contribution in [0.4, 0.5) is 0 Å². The lowest BCUT2D eigenvalue weighted by Gasteiger charge is -2.27. The Kier molecular flexibility index (Phi) is 6.37. The third-order valence-electron chi connectivity index (χ3n) is 5.16. The quantitative estimate of drug-likeness (QED) is 0.732. The Hall–Kier alpha value is -2.67. The summed E-state index contributed by atoms with van der Waals surface area (Å²) in [6.45, 7) is 2.99. The van der Waals surface area contributed by atoms with Gasteiger partial charge >= 0.3 is 5.97 Å². The Morgan fingerprint density at radius 2 is 1.83 bits per heavy atom. The fourth-order valence-electron chi connectivity index (χ4n) is 3.53. The number of ether oxygens (including phenoxy) is 1. The lowest BCUT2D eigenvalue weighted by molar-refractivity contribution is -0.130. The molecule has 0 radical (unpaired) electrons. The van der Waals surface area contributed by atoms with E-state index in [9.17, 15) is 18.0 Å². The maximum absolute atomic E-state index is 12.6. The topological polar surface area (TPSA) is 89.5 Å². The number of sulfone groups is 1. The van der Waals surface area contributed by atoms with Crippen molar-refractivity contribution in [2.45, 2.75) is 50.2 Å². The largest absolute Gasteiger partial charge is 0.449 e. The van der Waals surface area contributed by atoms with E-state index in [1.807, 2.05) is 18.2 Å². The van der Waals surface area contributed by atoms with E-state index in [4.69, 9.17) is 4.74 Å². The normalized spacial score (nSPS) is 17.1. The van der Waals surface area contributed by atoms with Crippen LogP contribution in [0.5, 0.6) is 0 Å². The Labute approximate surface area is 171 Å². The summed E-state index contributed by atoms with van der Waals surface area (Å²) in [5.41, 5.74) is 2.24. The van der Waals surface area contributed by atoms with E-state index in [1.54, 1.807) is 12.1 Å². The van der Waals surface area contributed by atoms with Gasteiger partial charge in [0.05, 0.1) is 22.3 Å². The molecule has 1 aliphatic carbocycles. The number of carbonyl (C=O) groups excluding carboxylic acids is 2. The van der Waals surface area contributed by atoms with Crippen LogP contribution in [-0.4, -0.2) is 32.2 Å². The van der Waals surface area contributed by atoms with Crippen LogP contribution in [0.15, 0.2) is 53.4 Å². The summed E-state index contributed by atoms with van der Waals surface area (Å²) in [4.78, 5) is 25.1. The minimum absolute atomic E-state index is 0.0583. The number of amides is 1. The zero-order valence-corrected chi connectivity index (χ0v) is 17.4. The van der Waals surface area contributed by atoms with E-state index in [2.05, 4.69) is 11.4 Å². The van der Waals surface area contributed by atoms with Crippen LogP contribution in [0.3, 0.4) is 0 Å². The first-order chi connectivity index (χ1) is 13.8. The van der Waals surface area contributed by atoms with Crippen molar-refractivity contribution in [1.82, 2.24) is 5.32 Å². The van der Waals surface area contributed by atoms with Crippen LogP contribution in [-0.2, 0) is 25.8 Å². The van der Waals surface area contributed by atoms with Crippen LogP contribution in [0.1, 0.15) is 54.2 Å². The second-order valence-corrected chi connectivity index (χ2v) is 9.35. The smallest absolute Gasteiger partial charge is 0.340 e. The fraction of sp³-hybridized carbons (Fsp3) is 0.364. The first-order valence-corrected chi connectivity index (χ1v) is 11.4. The summed E-state index contributed by atoms with van der Waals surface area (Å²) >= 11 is 0. The molecule has 0 saturated heterocycles. The van der Waals surface area contributed by atoms with Crippen molar-refractivity contribution in [3.8, 4) is 0 Å². The van der Waals surface area contributed by atoms with Crippen LogP contribution in [0, 0.1) is 0 Å². The number of esters is 1. The molecule has 2 aromatic carbocycles. The van der Waals surface area contributed by atoms with E-state index in [0.717, 1.165) is 24.8 Å². The molecular formula is C22H25NO5S. The lowest BCUT2D eigenvalue weighted by Crippen LogP contribution is -2.39. The van der Waals surface area contributed by atoms with E-state index in [1.165, 1.54) is 31.5 Å². The molecule has 7 heteroatoms. The second-order valence-electron chi connectivity index (χ2n) is 7.10. The van der Waals surface area contributed by atoms with E-state index >= 15 is 0 Å². The summed E-state index contributed by atoms with van der Waals surface area (Å²) in [7, 11) is -3.59. The van der Waals surface area contributed by atoms with Gasteiger partial charge in [-0.25, -0.2) is 13.2 Å². The minimum Gasteiger partial charge on any atom is -0.449 e. The Morgan fingerprint density at radius 1 is 1.14 bits per heavy atom. The molecule has 0 fully saturated rings. The molecule has 2 atom stereocenters. The van der Waals surface area contributed by atoms with Crippen LogP contribution < -0.4 is 5.32 Å². The van der Waals surface area contributed by atoms with Crippen molar-refractivity contribution >= 4 is 21.7 Å². The second kappa shape index (κ2) is 8.78. The maximum Gasteiger partial charge on any atom is 0.340 e. The number of hydrogen-bond donors (Lipinski definition) is 1. The zero-order chi connectivity index (χ0) is 21.0. The molecule has 0 aromatic heterocycles. The average molecular weight is 416 g/mol. The highest BCUT2D eigenvalue weighted by atomic mass is 32.2. The van der Waals surface area contributed by atoms with Crippen LogP contribution in [0.2, 0.25) is 0 Å². The first-order valence-electron chi connectivity index (χ1n) is 9.74. The lowest BCUT2D eigenvalue weighted by atomic mass is 9.87. The van der Waals surface area contributed by atoms with Gasteiger partial charge in [0, 0.05) is 0 Å². The molecule has 0 spiro atoms. The van der Waals surface area contributed by atoms with Crippen molar-refractivity contribution in [2.75, 3.05) is 5.75 Å². The summed E-state index contributed by atoms with van der Waals surface area (Å²) < 4.78 is 29.8. The van der Waals surface area contributed by atoms with E-state index in [-0.39, 0.29) is 22.3 Å². The third-order valence-corrected chi connectivity index (χ3v) is 6.95. The highest BCUT2D eigenvalue weighted by Gasteiger charge is 2.27. The van der Waals surface area contributed by atoms with Crippen molar-refractivity contribution in [3.63, 3.8) is 0 Å². The molecule has 0 saturated carbocycles. The van der Waals surface area contributed by atoms with Gasteiger partial charge in [-0.2, -0.15) is 0 Å². The zero-order valence-electron chi connectivity index (χ0n) is 16.6. The van der Waals surface area contributed by atoms with Gasteiger partial charge in [-0.1, -0.05) is 43.3 Å². The Morgan fingerprint density at radius 3 is 2.59 bits per heavy atom. The van der Waals surface area contributed by atoms with Gasteiger partial charge in [-0.15, -0.1) is 0 Å². The van der Waals surface area contributed by atoms with Gasteiger partial charge in [-0.3, -0.25) is 4.79 Å². The highest BCUT2D eigenvalue weighted by Crippen LogP contribution is 2.29. The number of fused-ring (bicyclic) bond motifs is 1. The monoisotopic (exact) mass is 415 g/mol. The number of rotatable bonds is 6. The highest BCUT2D eigenvalue weighted by molar-refractivity contribution is 7.91. The van der Waals surface area contributed by atoms with Crippen molar-refractivity contribution in [2.24, 2.45) is 0 Å². The predicted molar refractivity (Wildman–Crippen MR) is 109 cm³/mol. The number of hydrogen-bond acceptors (Lipinski definition) is 5.